The molecule has 1 aliphatic carbocycles. The molecule has 0 amide bonds. The number of hydrogen-bond donors (Lipinski definition) is 2. The Hall–Kier alpha value is -3.68. The summed E-state index contributed by atoms with van der Waals surface area (Å²) < 4.78 is 0. The van der Waals surface area contributed by atoms with E-state index < -0.39 is 17.5 Å². The van der Waals surface area contributed by atoms with Gasteiger partial charge in [-0.1, -0.05) is 96.6 Å². The van der Waals surface area contributed by atoms with Crippen LogP contribution in [0.15, 0.2) is 103 Å². The summed E-state index contributed by atoms with van der Waals surface area (Å²) in [5.41, 5.74) is 5.03. The van der Waals surface area contributed by atoms with Crippen molar-refractivity contribution < 1.29 is 54.5 Å². The smallest absolute Gasteiger partial charge is 0.550 e. The van der Waals surface area contributed by atoms with Gasteiger partial charge >= 0.3 is 35.5 Å². The predicted octanol–water partition coefficient (Wildman–Crippen LogP) is 6.35. The summed E-state index contributed by atoms with van der Waals surface area (Å²) in [5.74, 6) is -1.08. The van der Waals surface area contributed by atoms with Crippen LogP contribution in [0.2, 0.25) is 5.02 Å². The molecule has 1 atom stereocenters. The number of carbonyl (C=O) groups is 2. The Bertz CT molecular complexity index is 1940. The number of pyridine rings is 1. The number of aryl methyl sites for hydroxylation is 1. The summed E-state index contributed by atoms with van der Waals surface area (Å²) in [6.07, 6.45) is 13.8. The van der Waals surface area contributed by atoms with E-state index in [1.54, 1.807) is 18.2 Å². The molecule has 10 heteroatoms. The number of aromatic nitrogens is 1. The molecule has 0 bridgehead atoms. The number of halogens is 1. The fourth-order valence-corrected chi connectivity index (χ4v) is 7.33. The van der Waals surface area contributed by atoms with Crippen LogP contribution < -0.4 is 34.7 Å². The third-order valence-corrected chi connectivity index (χ3v) is 10.3. The van der Waals surface area contributed by atoms with Crippen LogP contribution in [0.1, 0.15) is 86.6 Å². The van der Waals surface area contributed by atoms with E-state index in [0.29, 0.717) is 5.02 Å². The molecule has 7 nitrogen and oxygen atoms in total. The van der Waals surface area contributed by atoms with Crippen LogP contribution in [0.3, 0.4) is 0 Å². The second kappa shape index (κ2) is 22.5. The molecule has 0 unspecified atom stereocenters. The zero-order valence-electron chi connectivity index (χ0n) is 31.1. The van der Waals surface area contributed by atoms with E-state index in [0.717, 1.165) is 70.8 Å². The Balaban J connectivity index is 0.000000710. The maximum Gasteiger partial charge on any atom is 1.00 e. The van der Waals surface area contributed by atoms with Crippen molar-refractivity contribution in [2.24, 2.45) is 5.41 Å². The van der Waals surface area contributed by atoms with Gasteiger partial charge in [0.15, 0.2) is 0 Å². The van der Waals surface area contributed by atoms with Crippen LogP contribution in [-0.2, 0) is 21.6 Å². The van der Waals surface area contributed by atoms with Crippen molar-refractivity contribution in [2.45, 2.75) is 70.7 Å². The van der Waals surface area contributed by atoms with Crippen LogP contribution in [0.5, 0.6) is 0 Å². The molecule has 0 spiro atoms. The fraction of sp³-hybridized carbons (Fsp3) is 0.302. The van der Waals surface area contributed by atoms with Crippen molar-refractivity contribution >= 4 is 58.4 Å². The molecule has 272 valence electrons. The van der Waals surface area contributed by atoms with E-state index in [4.69, 9.17) is 27.0 Å². The molecule has 1 aromatic heterocycles. The molecule has 5 rings (SSSR count). The molecule has 2 N–H and O–H groups in total. The monoisotopic (exact) mass is 760 g/mol. The molecule has 0 radical (unpaired) electrons. The van der Waals surface area contributed by atoms with Crippen LogP contribution in [0, 0.1) is 16.7 Å². The molecular formula is C43H46ClN2NaO5S. The van der Waals surface area contributed by atoms with Crippen molar-refractivity contribution in [1.82, 2.24) is 4.98 Å². The summed E-state index contributed by atoms with van der Waals surface area (Å²) in [7, 11) is 0. The van der Waals surface area contributed by atoms with Crippen molar-refractivity contribution in [1.29, 1.82) is 5.26 Å². The second-order valence-electron chi connectivity index (χ2n) is 13.1. The molecule has 0 aliphatic heterocycles. The van der Waals surface area contributed by atoms with Gasteiger partial charge in [-0.15, -0.1) is 0 Å². The number of hydrogen-bond acceptors (Lipinski definition) is 7. The number of carbonyl (C=O) groups excluding carboxylic acids is 1. The second-order valence-corrected chi connectivity index (χ2v) is 14.8. The normalized spacial score (nSPS) is 13.7. The Morgan fingerprint density at radius 3 is 2.40 bits per heavy atom. The van der Waals surface area contributed by atoms with Gasteiger partial charge in [0.1, 0.15) is 0 Å². The number of carboxylic acid groups (broad SMARTS) is 2. The Morgan fingerprint density at radius 1 is 1.06 bits per heavy atom. The number of benzene rings is 3. The van der Waals surface area contributed by atoms with Crippen LogP contribution in [0.4, 0.5) is 0 Å². The van der Waals surface area contributed by atoms with Gasteiger partial charge in [-0.2, -0.15) is 17.0 Å². The van der Waals surface area contributed by atoms with E-state index in [9.17, 15) is 19.8 Å². The fourth-order valence-electron chi connectivity index (χ4n) is 5.59. The first-order valence-electron chi connectivity index (χ1n) is 17.1. The molecule has 3 aromatic carbocycles. The van der Waals surface area contributed by atoms with Crippen molar-refractivity contribution in [2.75, 3.05) is 5.75 Å². The Kier molecular flexibility index (Phi) is 19.3. The zero-order chi connectivity index (χ0) is 38.1. The first-order chi connectivity index (χ1) is 24.8. The maximum absolute atomic E-state index is 11.4. The van der Waals surface area contributed by atoms with Gasteiger partial charge in [0.25, 0.3) is 0 Å². The number of fused-ring (bicyclic) bond motifs is 1. The topological polar surface area (TPSA) is 134 Å². The van der Waals surface area contributed by atoms with Crippen molar-refractivity contribution in [3.63, 3.8) is 0 Å². The SMILES string of the molecule is C/C=C/C=C/C(=O)O.CC#N.CC(C)(O)c1ccccc1CC[C@@H](SCC1(CC(=O)[O-])CC1)c1cccc(/C=C/c2ccc3ccc(Cl)cc3n2)c1.[Na+]. The number of carboxylic acids is 2. The van der Waals surface area contributed by atoms with E-state index in [1.807, 2.05) is 87.1 Å². The van der Waals surface area contributed by atoms with E-state index in [2.05, 4.69) is 36.4 Å². The minimum atomic E-state index is -0.963. The minimum absolute atomic E-state index is 0. The van der Waals surface area contributed by atoms with Crippen molar-refractivity contribution in [3.8, 4) is 6.07 Å². The van der Waals surface area contributed by atoms with Gasteiger partial charge in [-0.05, 0) is 111 Å². The number of allylic oxidation sites excluding steroid dienone is 3. The number of rotatable bonds is 14. The summed E-state index contributed by atoms with van der Waals surface area (Å²) in [6, 6.07) is 28.1. The molecular weight excluding hydrogens is 715 g/mol. The van der Waals surface area contributed by atoms with Gasteiger partial charge < -0.3 is 20.1 Å². The number of aliphatic carboxylic acids is 2. The van der Waals surface area contributed by atoms with E-state index in [1.165, 1.54) is 18.6 Å². The molecule has 1 aliphatic rings. The first kappa shape index (κ1) is 45.5. The molecule has 4 aromatic rings. The molecule has 53 heavy (non-hydrogen) atoms. The van der Waals surface area contributed by atoms with Gasteiger partial charge in [0, 0.05) is 34.6 Å². The standard InChI is InChI=1S/C35H36ClNO3S.C6H8O2.C2H3N.Na/c1-34(2,40)30-9-4-3-7-25(30)13-17-32(41-23-35(18-19-35)22-33(38)39)27-8-5-6-24(20-27)10-15-29-16-12-26-11-14-28(36)21-31(26)37-29;1-2-3-4-5-6(7)8;1-2-3;/h3-12,14-16,20-21,32,40H,13,17-19,22-23H2,1-2H3,(H,38,39);2-5H,1H3,(H,7,8);1H3;/q;;;+1/p-1/b15-10+;3-2+,5-4+;;/t32-;;;/m1.../s1. The average Bonchev–Trinajstić information content (AvgIpc) is 3.86. The Labute approximate surface area is 344 Å². The Morgan fingerprint density at radius 2 is 1.75 bits per heavy atom. The zero-order valence-corrected chi connectivity index (χ0v) is 34.7. The van der Waals surface area contributed by atoms with Crippen LogP contribution in [0.25, 0.3) is 23.1 Å². The molecule has 1 heterocycles. The third kappa shape index (κ3) is 16.1. The summed E-state index contributed by atoms with van der Waals surface area (Å²) in [6.45, 7) is 6.90. The van der Waals surface area contributed by atoms with E-state index >= 15 is 0 Å². The quantitative estimate of drug-likeness (QED) is 0.0864. The van der Waals surface area contributed by atoms with E-state index in [-0.39, 0.29) is 46.6 Å². The summed E-state index contributed by atoms with van der Waals surface area (Å²) >= 11 is 8.01. The van der Waals surface area contributed by atoms with Crippen LogP contribution in [-0.4, -0.2) is 32.9 Å². The summed E-state index contributed by atoms with van der Waals surface area (Å²) in [5, 5.41) is 39.3. The van der Waals surface area contributed by atoms with Crippen LogP contribution >= 0.6 is 23.4 Å². The van der Waals surface area contributed by atoms with Gasteiger partial charge in [-0.25, -0.2) is 9.78 Å². The van der Waals surface area contributed by atoms with Gasteiger partial charge in [0.2, 0.25) is 0 Å². The summed E-state index contributed by atoms with van der Waals surface area (Å²) in [4.78, 5) is 25.9. The molecule has 1 fully saturated rings. The predicted molar refractivity (Wildman–Crippen MR) is 211 cm³/mol. The largest absolute Gasteiger partial charge is 1.00 e. The van der Waals surface area contributed by atoms with Gasteiger partial charge in [0.05, 0.1) is 22.9 Å². The third-order valence-electron chi connectivity index (χ3n) is 8.37. The number of thioether (sulfide) groups is 1. The van der Waals surface area contributed by atoms with Crippen molar-refractivity contribution in [3.05, 3.63) is 136 Å². The minimum Gasteiger partial charge on any atom is -0.550 e. The number of nitrogens with zero attached hydrogens (tertiary/aromatic N) is 2. The maximum atomic E-state index is 11.4. The molecule has 0 saturated heterocycles. The number of nitriles is 1. The van der Waals surface area contributed by atoms with Gasteiger partial charge in [-0.3, -0.25) is 0 Å². The average molecular weight is 761 g/mol. The molecule has 1 saturated carbocycles. The first-order valence-corrected chi connectivity index (χ1v) is 18.5. The number of aliphatic hydroxyl groups is 1.